The number of benzene rings is 1. The fraction of sp³-hybridized carbons (Fsp3) is 0.536. The van der Waals surface area contributed by atoms with Crippen molar-refractivity contribution in [2.45, 2.75) is 88.6 Å². The van der Waals surface area contributed by atoms with Crippen molar-refractivity contribution in [2.24, 2.45) is 0 Å². The Kier molecular flexibility index (Phi) is 7.14. The largest absolute Gasteiger partial charge is 0.496 e. The number of aromatic nitrogens is 1. The molecule has 3 N–H and O–H groups in total. The lowest BCUT2D eigenvalue weighted by atomic mass is 9.92. The Morgan fingerprint density at radius 2 is 1.75 bits per heavy atom. The monoisotopic (exact) mass is 492 g/mol. The highest BCUT2D eigenvalue weighted by atomic mass is 16.5. The molecule has 2 aromatic rings. The van der Waals surface area contributed by atoms with Crippen LogP contribution in [0.15, 0.2) is 36.5 Å². The van der Waals surface area contributed by atoms with Crippen molar-refractivity contribution in [3.63, 3.8) is 0 Å². The summed E-state index contributed by atoms with van der Waals surface area (Å²) in [6.07, 6.45) is 8.62. The van der Waals surface area contributed by atoms with E-state index in [1.54, 1.807) is 13.3 Å². The van der Waals surface area contributed by atoms with Gasteiger partial charge in [-0.25, -0.2) is 4.98 Å². The predicted octanol–water partition coefficient (Wildman–Crippen LogP) is 3.36. The number of hydrogen-bond acceptors (Lipinski definition) is 6. The van der Waals surface area contributed by atoms with Crippen LogP contribution in [0.1, 0.15) is 77.6 Å². The first kappa shape index (κ1) is 24.6. The van der Waals surface area contributed by atoms with Gasteiger partial charge in [0.15, 0.2) is 0 Å². The number of ether oxygens (including phenoxy) is 1. The maximum Gasteiger partial charge on any atom is 0.253 e. The van der Waals surface area contributed by atoms with Crippen molar-refractivity contribution in [1.29, 1.82) is 0 Å². The molecule has 3 aliphatic rings. The Balaban J connectivity index is 1.21. The molecule has 5 atom stereocenters. The van der Waals surface area contributed by atoms with Crippen molar-refractivity contribution in [1.82, 2.24) is 15.6 Å². The highest BCUT2D eigenvalue weighted by molar-refractivity contribution is 5.96. The van der Waals surface area contributed by atoms with Gasteiger partial charge >= 0.3 is 0 Å². The number of pyridine rings is 1. The third-order valence-corrected chi connectivity index (χ3v) is 8.14. The molecule has 8 heteroatoms. The molecule has 0 radical (unpaired) electrons. The minimum Gasteiger partial charge on any atom is -0.496 e. The van der Waals surface area contributed by atoms with Crippen molar-refractivity contribution >= 4 is 17.6 Å². The Morgan fingerprint density at radius 3 is 2.42 bits per heavy atom. The molecule has 2 bridgehead atoms. The Hall–Kier alpha value is -3.13. The van der Waals surface area contributed by atoms with E-state index in [-0.39, 0.29) is 23.9 Å². The zero-order valence-electron chi connectivity index (χ0n) is 21.1. The van der Waals surface area contributed by atoms with E-state index in [9.17, 15) is 14.7 Å². The second-order valence-corrected chi connectivity index (χ2v) is 10.4. The fourth-order valence-electron chi connectivity index (χ4n) is 6.22. The summed E-state index contributed by atoms with van der Waals surface area (Å²) >= 11 is 0. The van der Waals surface area contributed by atoms with Gasteiger partial charge in [0.25, 0.3) is 11.8 Å². The van der Waals surface area contributed by atoms with Crippen LogP contribution in [0, 0.1) is 6.92 Å². The van der Waals surface area contributed by atoms with Crippen LogP contribution in [0.25, 0.3) is 0 Å². The van der Waals surface area contributed by atoms with E-state index in [2.05, 4.69) is 20.5 Å². The van der Waals surface area contributed by atoms with E-state index < -0.39 is 6.10 Å². The molecule has 0 spiro atoms. The number of anilines is 1. The minimum atomic E-state index is -0.472. The Bertz CT molecular complexity index is 1090. The topological polar surface area (TPSA) is 104 Å². The van der Waals surface area contributed by atoms with Crippen LogP contribution in [0.2, 0.25) is 0 Å². The number of rotatable bonds is 6. The molecular formula is C28H36N4O4. The summed E-state index contributed by atoms with van der Waals surface area (Å²) in [6, 6.07) is 9.86. The lowest BCUT2D eigenvalue weighted by molar-refractivity contribution is 0.0717. The molecular weight excluding hydrogens is 456 g/mol. The van der Waals surface area contributed by atoms with Gasteiger partial charge < -0.3 is 25.4 Å². The molecule has 2 saturated heterocycles. The number of nitrogens with zero attached hydrogens (tertiary/aromatic N) is 2. The summed E-state index contributed by atoms with van der Waals surface area (Å²) in [7, 11) is 1.62. The molecule has 1 aromatic carbocycles. The summed E-state index contributed by atoms with van der Waals surface area (Å²) in [5.74, 6) is 1.36. The van der Waals surface area contributed by atoms with E-state index in [0.29, 0.717) is 23.2 Å². The van der Waals surface area contributed by atoms with Gasteiger partial charge in [-0.15, -0.1) is 0 Å². The van der Waals surface area contributed by atoms with Crippen LogP contribution >= 0.6 is 0 Å². The molecule has 3 fully saturated rings. The van der Waals surface area contributed by atoms with Crippen LogP contribution in [0.4, 0.5) is 5.82 Å². The van der Waals surface area contributed by atoms with Crippen molar-refractivity contribution in [3.05, 3.63) is 53.2 Å². The highest BCUT2D eigenvalue weighted by Crippen LogP contribution is 2.38. The van der Waals surface area contributed by atoms with Gasteiger partial charge in [0.2, 0.25) is 0 Å². The molecule has 0 unspecified atom stereocenters. The van der Waals surface area contributed by atoms with Crippen LogP contribution in [0.5, 0.6) is 5.75 Å². The first-order valence-electron chi connectivity index (χ1n) is 13.1. The third kappa shape index (κ3) is 4.91. The van der Waals surface area contributed by atoms with Crippen LogP contribution in [0.3, 0.4) is 0 Å². The molecule has 1 aliphatic carbocycles. The van der Waals surface area contributed by atoms with E-state index in [4.69, 9.17) is 4.74 Å². The standard InChI is InChI=1S/C28H36N4O4/c1-17-22(6-5-9-25(17)36-2)28(35)30-19-14-20-11-12-21(15-19)32(20)26-13-10-18(16-29-26)27(34)31-23-7-3-4-8-24(23)33/h5-6,9-10,13,16,19-21,23-24,33H,3-4,7-8,11-12,14-15H2,1-2H3,(H,30,35)(H,31,34)/t19-,20+,21-,23-,24-/m0/s1. The average Bonchev–Trinajstić information content (AvgIpc) is 3.15. The molecule has 5 rings (SSSR count). The second-order valence-electron chi connectivity index (χ2n) is 10.4. The van der Waals surface area contributed by atoms with Crippen LogP contribution < -0.4 is 20.3 Å². The summed E-state index contributed by atoms with van der Waals surface area (Å²) in [6.45, 7) is 1.91. The number of fused-ring (bicyclic) bond motifs is 2. The maximum absolute atomic E-state index is 13.0. The average molecular weight is 493 g/mol. The van der Waals surface area contributed by atoms with Gasteiger partial charge in [0.05, 0.1) is 24.8 Å². The molecule has 192 valence electrons. The number of aliphatic hydroxyl groups is 1. The number of piperidine rings is 1. The summed E-state index contributed by atoms with van der Waals surface area (Å²) < 4.78 is 5.37. The number of nitrogens with one attached hydrogen (secondary N) is 2. The summed E-state index contributed by atoms with van der Waals surface area (Å²) in [4.78, 5) is 32.7. The Labute approximate surface area is 212 Å². The first-order chi connectivity index (χ1) is 17.4. The molecule has 8 nitrogen and oxygen atoms in total. The van der Waals surface area contributed by atoms with Crippen molar-refractivity contribution in [2.75, 3.05) is 12.0 Å². The molecule has 36 heavy (non-hydrogen) atoms. The number of carbonyl (C=O) groups excluding carboxylic acids is 2. The SMILES string of the molecule is COc1cccc(C(=O)N[C@H]2C[C@H]3CC[C@@H](C2)N3c2ccc(C(=O)N[C@H]3CCCC[C@@H]3O)cn2)c1C. The second kappa shape index (κ2) is 10.5. The third-order valence-electron chi connectivity index (χ3n) is 8.14. The summed E-state index contributed by atoms with van der Waals surface area (Å²) in [5, 5.41) is 16.4. The number of carbonyl (C=O) groups is 2. The Morgan fingerprint density at radius 1 is 1.00 bits per heavy atom. The maximum atomic E-state index is 13.0. The van der Waals surface area contributed by atoms with E-state index >= 15 is 0 Å². The van der Waals surface area contributed by atoms with E-state index in [1.807, 2.05) is 37.3 Å². The number of methoxy groups -OCH3 is 1. The molecule has 2 aliphatic heterocycles. The fourth-order valence-corrected chi connectivity index (χ4v) is 6.22. The lowest BCUT2D eigenvalue weighted by Crippen LogP contribution is -2.51. The van der Waals surface area contributed by atoms with Crippen LogP contribution in [-0.2, 0) is 0 Å². The zero-order chi connectivity index (χ0) is 25.2. The van der Waals surface area contributed by atoms with E-state index in [1.165, 1.54) is 0 Å². The van der Waals surface area contributed by atoms with Crippen molar-refractivity contribution < 1.29 is 19.4 Å². The first-order valence-corrected chi connectivity index (χ1v) is 13.1. The van der Waals surface area contributed by atoms with Crippen molar-refractivity contribution in [3.8, 4) is 5.75 Å². The van der Waals surface area contributed by atoms with Gasteiger partial charge in [-0.3, -0.25) is 9.59 Å². The molecule has 2 amide bonds. The number of aliphatic hydroxyl groups excluding tert-OH is 1. The zero-order valence-corrected chi connectivity index (χ0v) is 21.1. The number of amides is 2. The van der Waals surface area contributed by atoms with Gasteiger partial charge in [0, 0.05) is 35.4 Å². The molecule has 1 aromatic heterocycles. The van der Waals surface area contributed by atoms with Gasteiger partial charge in [-0.05, 0) is 69.7 Å². The molecule has 1 saturated carbocycles. The number of hydrogen-bond donors (Lipinski definition) is 3. The smallest absolute Gasteiger partial charge is 0.253 e. The van der Waals surface area contributed by atoms with E-state index in [0.717, 1.165) is 68.5 Å². The van der Waals surface area contributed by atoms with Gasteiger partial charge in [0.1, 0.15) is 11.6 Å². The lowest BCUT2D eigenvalue weighted by Gasteiger charge is -2.40. The minimum absolute atomic E-state index is 0.0548. The summed E-state index contributed by atoms with van der Waals surface area (Å²) in [5.41, 5.74) is 2.02. The molecule has 3 heterocycles. The predicted molar refractivity (Wildman–Crippen MR) is 137 cm³/mol. The van der Waals surface area contributed by atoms with Gasteiger partial charge in [-0.1, -0.05) is 18.9 Å². The van der Waals surface area contributed by atoms with Crippen LogP contribution in [-0.4, -0.2) is 59.3 Å². The quantitative estimate of drug-likeness (QED) is 0.571. The highest BCUT2D eigenvalue weighted by Gasteiger charge is 2.42. The normalized spacial score (nSPS) is 27.4. The van der Waals surface area contributed by atoms with Gasteiger partial charge in [-0.2, -0.15) is 0 Å².